The topological polar surface area (TPSA) is 89.8 Å². The summed E-state index contributed by atoms with van der Waals surface area (Å²) in [7, 11) is 1.57. The Hall–Kier alpha value is -4.26. The van der Waals surface area contributed by atoms with Gasteiger partial charge >= 0.3 is 0 Å². The van der Waals surface area contributed by atoms with Gasteiger partial charge in [-0.1, -0.05) is 30.3 Å². The van der Waals surface area contributed by atoms with Crippen LogP contribution in [0.5, 0.6) is 5.75 Å². The second-order valence-corrected chi connectivity index (χ2v) is 7.00. The molecule has 7 heteroatoms. The summed E-state index contributed by atoms with van der Waals surface area (Å²) < 4.78 is 5.16. The maximum absolute atomic E-state index is 13.3. The number of amides is 2. The standard InChI is InChI=1S/C24H18N2O5/c1-31-19-12-8-17(9-13-19)15-25-23(27)21-5-3-2-4-20(21)22(24(25)28)14-16-6-10-18(11-7-16)26(29)30/h2-14H,15H2,1H3. The SMILES string of the molecule is COc1ccc(CN2C(=O)C(=Cc3ccc([N+](=O)[O-])cc3)c3ccccc3C2=O)cc1. The Labute approximate surface area is 178 Å². The average Bonchev–Trinajstić information content (AvgIpc) is 2.80. The molecule has 0 spiro atoms. The molecule has 2 amide bonds. The summed E-state index contributed by atoms with van der Waals surface area (Å²) in [6, 6.07) is 20.0. The van der Waals surface area contributed by atoms with Gasteiger partial charge in [0.15, 0.2) is 0 Å². The molecule has 0 unspecified atom stereocenters. The fourth-order valence-corrected chi connectivity index (χ4v) is 3.46. The lowest BCUT2D eigenvalue weighted by molar-refractivity contribution is -0.384. The number of non-ortho nitro benzene ring substituents is 1. The zero-order valence-electron chi connectivity index (χ0n) is 16.6. The molecule has 0 aromatic heterocycles. The first-order chi connectivity index (χ1) is 15.0. The van der Waals surface area contributed by atoms with E-state index in [0.29, 0.717) is 28.0 Å². The van der Waals surface area contributed by atoms with Gasteiger partial charge in [-0.3, -0.25) is 24.6 Å². The number of hydrogen-bond acceptors (Lipinski definition) is 5. The van der Waals surface area contributed by atoms with Crippen LogP contribution >= 0.6 is 0 Å². The molecule has 31 heavy (non-hydrogen) atoms. The molecule has 0 bridgehead atoms. The lowest BCUT2D eigenvalue weighted by Crippen LogP contribution is -2.41. The monoisotopic (exact) mass is 414 g/mol. The molecule has 7 nitrogen and oxygen atoms in total. The van der Waals surface area contributed by atoms with E-state index in [1.54, 1.807) is 73.8 Å². The first kappa shape index (κ1) is 20.0. The van der Waals surface area contributed by atoms with Crippen LogP contribution in [0.3, 0.4) is 0 Å². The Morgan fingerprint density at radius 1 is 0.903 bits per heavy atom. The number of carbonyl (C=O) groups is 2. The highest BCUT2D eigenvalue weighted by Crippen LogP contribution is 2.31. The molecule has 0 fully saturated rings. The largest absolute Gasteiger partial charge is 0.497 e. The number of carbonyl (C=O) groups excluding carboxylic acids is 2. The predicted molar refractivity (Wildman–Crippen MR) is 115 cm³/mol. The highest BCUT2D eigenvalue weighted by molar-refractivity contribution is 6.33. The van der Waals surface area contributed by atoms with Crippen LogP contribution in [-0.4, -0.2) is 28.7 Å². The number of nitrogens with zero attached hydrogens (tertiary/aromatic N) is 2. The number of nitro benzene ring substituents is 1. The molecule has 0 radical (unpaired) electrons. The average molecular weight is 414 g/mol. The highest BCUT2D eigenvalue weighted by Gasteiger charge is 2.34. The molecule has 4 rings (SSSR count). The van der Waals surface area contributed by atoms with E-state index in [2.05, 4.69) is 0 Å². The predicted octanol–water partition coefficient (Wildman–Crippen LogP) is 4.33. The van der Waals surface area contributed by atoms with Crippen LogP contribution in [-0.2, 0) is 11.3 Å². The summed E-state index contributed by atoms with van der Waals surface area (Å²) in [4.78, 5) is 38.0. The zero-order chi connectivity index (χ0) is 22.0. The Bertz CT molecular complexity index is 1200. The molecular weight excluding hydrogens is 396 g/mol. The van der Waals surface area contributed by atoms with Gasteiger partial charge in [-0.05, 0) is 53.1 Å². The minimum atomic E-state index is -0.479. The lowest BCUT2D eigenvalue weighted by Gasteiger charge is -2.28. The summed E-state index contributed by atoms with van der Waals surface area (Å²) in [6.45, 7) is 0.119. The van der Waals surface area contributed by atoms with Crippen molar-refractivity contribution in [3.63, 3.8) is 0 Å². The van der Waals surface area contributed by atoms with Crippen LogP contribution in [0.25, 0.3) is 11.6 Å². The van der Waals surface area contributed by atoms with Gasteiger partial charge in [-0.25, -0.2) is 0 Å². The molecular formula is C24H18N2O5. The number of hydrogen-bond donors (Lipinski definition) is 0. The number of nitro groups is 1. The Balaban J connectivity index is 1.73. The van der Waals surface area contributed by atoms with Crippen molar-refractivity contribution in [2.45, 2.75) is 6.54 Å². The first-order valence-electron chi connectivity index (χ1n) is 9.52. The number of fused-ring (bicyclic) bond motifs is 1. The summed E-state index contributed by atoms with van der Waals surface area (Å²) in [5, 5.41) is 10.9. The third kappa shape index (κ3) is 3.93. The third-order valence-corrected chi connectivity index (χ3v) is 5.08. The van der Waals surface area contributed by atoms with Gasteiger partial charge in [0.2, 0.25) is 0 Å². The van der Waals surface area contributed by atoms with Gasteiger partial charge in [0.1, 0.15) is 5.75 Å². The first-order valence-corrected chi connectivity index (χ1v) is 9.52. The molecule has 3 aromatic rings. The molecule has 0 atom stereocenters. The number of benzene rings is 3. The smallest absolute Gasteiger partial charge is 0.269 e. The van der Waals surface area contributed by atoms with E-state index in [0.717, 1.165) is 5.56 Å². The second kappa shape index (κ2) is 8.23. The van der Waals surface area contributed by atoms with E-state index in [1.165, 1.54) is 17.0 Å². The molecule has 154 valence electrons. The van der Waals surface area contributed by atoms with Crippen LogP contribution in [0, 0.1) is 10.1 Å². The summed E-state index contributed by atoms with van der Waals surface area (Å²) in [5.41, 5.74) is 2.72. The summed E-state index contributed by atoms with van der Waals surface area (Å²) in [6.07, 6.45) is 1.65. The maximum Gasteiger partial charge on any atom is 0.269 e. The van der Waals surface area contributed by atoms with Crippen LogP contribution in [0.2, 0.25) is 0 Å². The fourth-order valence-electron chi connectivity index (χ4n) is 3.46. The van der Waals surface area contributed by atoms with Crippen LogP contribution in [0.15, 0.2) is 72.8 Å². The molecule has 0 saturated heterocycles. The molecule has 1 heterocycles. The highest BCUT2D eigenvalue weighted by atomic mass is 16.6. The summed E-state index contributed by atoms with van der Waals surface area (Å²) >= 11 is 0. The number of methoxy groups -OCH3 is 1. The molecule has 0 N–H and O–H groups in total. The molecule has 0 aliphatic carbocycles. The Kier molecular flexibility index (Phi) is 5.32. The van der Waals surface area contributed by atoms with Gasteiger partial charge in [-0.15, -0.1) is 0 Å². The van der Waals surface area contributed by atoms with Crippen LogP contribution < -0.4 is 4.74 Å². The van der Waals surface area contributed by atoms with Gasteiger partial charge in [0.05, 0.1) is 18.6 Å². The lowest BCUT2D eigenvalue weighted by atomic mass is 9.91. The van der Waals surface area contributed by atoms with Crippen molar-refractivity contribution < 1.29 is 19.2 Å². The minimum absolute atomic E-state index is 0.0335. The minimum Gasteiger partial charge on any atom is -0.497 e. The molecule has 1 aliphatic heterocycles. The van der Waals surface area contributed by atoms with Crippen molar-refractivity contribution in [2.24, 2.45) is 0 Å². The van der Waals surface area contributed by atoms with Crippen molar-refractivity contribution in [3.05, 3.63) is 105 Å². The van der Waals surface area contributed by atoms with Crippen molar-refractivity contribution >= 4 is 29.2 Å². The normalized spacial score (nSPS) is 14.5. The van der Waals surface area contributed by atoms with Crippen molar-refractivity contribution in [2.75, 3.05) is 7.11 Å². The van der Waals surface area contributed by atoms with E-state index in [4.69, 9.17) is 4.74 Å². The molecule has 0 saturated carbocycles. The second-order valence-electron chi connectivity index (χ2n) is 7.00. The Morgan fingerprint density at radius 3 is 2.16 bits per heavy atom. The van der Waals surface area contributed by atoms with Crippen molar-refractivity contribution in [3.8, 4) is 5.75 Å². The molecule has 3 aromatic carbocycles. The fraction of sp³-hybridized carbons (Fsp3) is 0.0833. The van der Waals surface area contributed by atoms with E-state index in [9.17, 15) is 19.7 Å². The number of imide groups is 1. The zero-order valence-corrected chi connectivity index (χ0v) is 16.6. The van der Waals surface area contributed by atoms with Crippen LogP contribution in [0.4, 0.5) is 5.69 Å². The van der Waals surface area contributed by atoms with Crippen molar-refractivity contribution in [1.29, 1.82) is 0 Å². The Morgan fingerprint density at radius 2 is 1.55 bits per heavy atom. The number of rotatable bonds is 5. The quantitative estimate of drug-likeness (QED) is 0.268. The third-order valence-electron chi connectivity index (χ3n) is 5.08. The maximum atomic E-state index is 13.3. The van der Waals surface area contributed by atoms with E-state index in [-0.39, 0.29) is 18.1 Å². The van der Waals surface area contributed by atoms with Crippen LogP contribution in [0.1, 0.15) is 27.0 Å². The van der Waals surface area contributed by atoms with E-state index < -0.39 is 10.8 Å². The van der Waals surface area contributed by atoms with Gasteiger partial charge in [0.25, 0.3) is 17.5 Å². The summed E-state index contributed by atoms with van der Waals surface area (Å²) in [5.74, 6) is -0.0979. The van der Waals surface area contributed by atoms with Gasteiger partial charge < -0.3 is 4.74 Å². The molecule has 1 aliphatic rings. The van der Waals surface area contributed by atoms with Gasteiger partial charge in [-0.2, -0.15) is 0 Å². The van der Waals surface area contributed by atoms with E-state index >= 15 is 0 Å². The van der Waals surface area contributed by atoms with E-state index in [1.807, 2.05) is 0 Å². The van der Waals surface area contributed by atoms with Gasteiger partial charge in [0, 0.05) is 23.3 Å². The van der Waals surface area contributed by atoms with Crippen molar-refractivity contribution in [1.82, 2.24) is 4.90 Å². The number of ether oxygens (including phenoxy) is 1.